The van der Waals surface area contributed by atoms with Gasteiger partial charge in [0.2, 0.25) is 10.6 Å². The summed E-state index contributed by atoms with van der Waals surface area (Å²) in [5, 5.41) is 10.1. The molecule has 1 N–H and O–H groups in total. The molecule has 4 aromatic heterocycles. The largest absolute Gasteiger partial charge is 0.508 e. The minimum atomic E-state index is -0.679. The van der Waals surface area contributed by atoms with Crippen molar-refractivity contribution in [2.75, 3.05) is 6.61 Å². The summed E-state index contributed by atoms with van der Waals surface area (Å²) < 4.78 is 13.6. The van der Waals surface area contributed by atoms with Gasteiger partial charge < -0.3 is 23.7 Å². The lowest BCUT2D eigenvalue weighted by atomic mass is 10.2. The highest BCUT2D eigenvalue weighted by molar-refractivity contribution is 6.35. The molecular weight excluding hydrogens is 594 g/mol. The molecule has 0 amide bonds. The van der Waals surface area contributed by atoms with Gasteiger partial charge in [-0.2, -0.15) is 9.97 Å². The van der Waals surface area contributed by atoms with Crippen LogP contribution in [-0.2, 0) is 9.47 Å². The Morgan fingerprint density at radius 3 is 1.92 bits per heavy atom. The lowest BCUT2D eigenvalue weighted by Crippen LogP contribution is -2.17. The molecule has 0 bridgehead atoms. The van der Waals surface area contributed by atoms with Gasteiger partial charge in [-0.05, 0) is 36.2 Å². The van der Waals surface area contributed by atoms with Crippen LogP contribution in [0.15, 0.2) is 37.0 Å². The van der Waals surface area contributed by atoms with Crippen molar-refractivity contribution >= 4 is 74.9 Å². The third kappa shape index (κ3) is 5.94. The highest BCUT2D eigenvalue weighted by Gasteiger charge is 2.26. The van der Waals surface area contributed by atoms with Crippen molar-refractivity contribution < 1.29 is 19.4 Å². The van der Waals surface area contributed by atoms with Crippen LogP contribution < -0.4 is 0 Å². The summed E-state index contributed by atoms with van der Waals surface area (Å²) in [5.41, 5.74) is 2.12. The number of hydrogen-bond donors (Lipinski definition) is 1. The third-order valence-corrected chi connectivity index (χ3v) is 6.85. The van der Waals surface area contributed by atoms with E-state index in [2.05, 4.69) is 29.9 Å². The number of ether oxygens (including phenoxy) is 2. The maximum absolute atomic E-state index is 11.3. The fourth-order valence-corrected chi connectivity index (χ4v) is 5.13. The molecule has 4 atom stereocenters. The molecule has 0 aromatic carbocycles. The average Bonchev–Trinajstić information content (AvgIpc) is 3.66. The highest BCUT2D eigenvalue weighted by Crippen LogP contribution is 2.31. The van der Waals surface area contributed by atoms with Crippen LogP contribution in [0.1, 0.15) is 31.8 Å². The Balaban J connectivity index is 0.000000163. The summed E-state index contributed by atoms with van der Waals surface area (Å²) in [7, 11) is 0. The summed E-state index contributed by atoms with van der Waals surface area (Å²) in [4.78, 5) is 35.7. The minimum absolute atomic E-state index is 0.0250. The van der Waals surface area contributed by atoms with Crippen molar-refractivity contribution in [3.63, 3.8) is 0 Å². The molecule has 12 nitrogen and oxygen atoms in total. The van der Waals surface area contributed by atoms with Gasteiger partial charge in [0.15, 0.2) is 21.6 Å². The Morgan fingerprint density at radius 2 is 1.41 bits per heavy atom. The zero-order valence-electron chi connectivity index (χ0n) is 20.2. The number of carbonyl (C=O) groups is 1. The number of nitrogens with zero attached hydrogens (tertiary/aromatic N) is 8. The number of allylic oxidation sites excluding steroid dienone is 2. The topological polar surface area (TPSA) is 143 Å². The molecule has 39 heavy (non-hydrogen) atoms. The normalized spacial score (nSPS) is 21.9. The Labute approximate surface area is 241 Å². The first-order valence-corrected chi connectivity index (χ1v) is 13.2. The number of aliphatic hydroxyl groups is 1. The zero-order chi connectivity index (χ0) is 27.7. The van der Waals surface area contributed by atoms with Crippen molar-refractivity contribution in [3.8, 4) is 0 Å². The molecule has 2 aliphatic carbocycles. The number of fused-ring (bicyclic) bond motifs is 2. The van der Waals surface area contributed by atoms with Crippen LogP contribution in [0.25, 0.3) is 22.3 Å². The molecule has 0 saturated carbocycles. The third-order valence-electron chi connectivity index (χ3n) is 5.99. The van der Waals surface area contributed by atoms with Crippen LogP contribution in [-0.4, -0.2) is 69.1 Å². The van der Waals surface area contributed by atoms with Crippen LogP contribution in [0, 0.1) is 0 Å². The van der Waals surface area contributed by atoms with Gasteiger partial charge in [-0.1, -0.05) is 41.4 Å². The van der Waals surface area contributed by atoms with E-state index in [0.29, 0.717) is 35.2 Å². The summed E-state index contributed by atoms with van der Waals surface area (Å²) >= 11 is 23.5. The summed E-state index contributed by atoms with van der Waals surface area (Å²) in [6, 6.07) is -0.0384. The number of aromatic nitrogens is 8. The molecule has 16 heteroatoms. The number of hydrogen-bond acceptors (Lipinski definition) is 10. The first-order valence-electron chi connectivity index (χ1n) is 11.7. The van der Waals surface area contributed by atoms with E-state index < -0.39 is 12.3 Å². The fraction of sp³-hybridized carbons (Fsp3) is 0.348. The molecule has 204 valence electrons. The molecule has 0 unspecified atom stereocenters. The number of aliphatic hydroxyl groups excluding tert-OH is 1. The minimum Gasteiger partial charge on any atom is -0.435 e. The van der Waals surface area contributed by atoms with Crippen molar-refractivity contribution in [2.24, 2.45) is 0 Å². The Bertz CT molecular complexity index is 1590. The van der Waals surface area contributed by atoms with Gasteiger partial charge in [-0.15, -0.1) is 0 Å². The van der Waals surface area contributed by atoms with Crippen LogP contribution in [0.3, 0.4) is 0 Å². The Kier molecular flexibility index (Phi) is 8.19. The molecule has 0 radical (unpaired) electrons. The SMILES string of the molecule is CCOC(=O)O[C@@H]1C=C[C@H](n2cnc3c(Cl)nc(Cl)nc32)C1.O[C@@H]1C=C[C@H](n2cnc3c(Cl)nc(Cl)nc32)C1. The van der Waals surface area contributed by atoms with E-state index in [1.165, 1.54) is 0 Å². The van der Waals surface area contributed by atoms with E-state index >= 15 is 0 Å². The maximum atomic E-state index is 11.3. The predicted molar refractivity (Wildman–Crippen MR) is 144 cm³/mol. The lowest BCUT2D eigenvalue weighted by molar-refractivity contribution is 0.0387. The fourth-order valence-electron chi connectivity index (χ4n) is 4.28. The van der Waals surface area contributed by atoms with Crippen LogP contribution in [0.5, 0.6) is 0 Å². The van der Waals surface area contributed by atoms with Gasteiger partial charge in [0.05, 0.1) is 37.4 Å². The number of rotatable bonds is 4. The molecule has 0 saturated heterocycles. The van der Waals surface area contributed by atoms with Crippen molar-refractivity contribution in [1.82, 2.24) is 39.0 Å². The molecule has 4 aromatic rings. The van der Waals surface area contributed by atoms with Crippen LogP contribution in [0.2, 0.25) is 20.9 Å². The van der Waals surface area contributed by atoms with Gasteiger partial charge in [0.25, 0.3) is 0 Å². The summed E-state index contributed by atoms with van der Waals surface area (Å²) in [5.74, 6) is 0. The van der Waals surface area contributed by atoms with E-state index in [9.17, 15) is 9.90 Å². The van der Waals surface area contributed by atoms with Crippen LogP contribution >= 0.6 is 46.4 Å². The second-order valence-electron chi connectivity index (χ2n) is 8.50. The maximum Gasteiger partial charge on any atom is 0.508 e. The molecule has 6 rings (SSSR count). The summed E-state index contributed by atoms with van der Waals surface area (Å²) in [6.07, 6.45) is 10.3. The lowest BCUT2D eigenvalue weighted by Gasteiger charge is -2.14. The van der Waals surface area contributed by atoms with Gasteiger partial charge in [0, 0.05) is 12.8 Å². The van der Waals surface area contributed by atoms with Gasteiger partial charge in [0.1, 0.15) is 17.1 Å². The smallest absolute Gasteiger partial charge is 0.435 e. The summed E-state index contributed by atoms with van der Waals surface area (Å²) in [6.45, 7) is 2.00. The predicted octanol–water partition coefficient (Wildman–Crippen LogP) is 5.17. The number of carbonyl (C=O) groups excluding carboxylic acids is 1. The van der Waals surface area contributed by atoms with Gasteiger partial charge in [-0.3, -0.25) is 0 Å². The van der Waals surface area contributed by atoms with E-state index in [1.807, 2.05) is 21.3 Å². The Morgan fingerprint density at radius 1 is 0.872 bits per heavy atom. The van der Waals surface area contributed by atoms with Crippen molar-refractivity contribution in [3.05, 3.63) is 57.8 Å². The standard InChI is InChI=1S/C13H12Cl2N4O3.C10H8Cl2N4O/c1-2-21-13(20)22-8-4-3-7(5-8)19-6-16-9-10(14)17-12(15)18-11(9)19;11-8-7-9(15-10(12)14-8)16(4-13-7)5-1-2-6(17)3-5/h3-4,6-8H,2,5H2,1H3;1-2,4-6,17H,3H2/t7-,8+;5-,6+/m00/s1. The molecule has 0 aliphatic heterocycles. The number of imidazole rings is 2. The average molecular weight is 614 g/mol. The molecule has 2 aliphatic rings. The van der Waals surface area contributed by atoms with E-state index in [-0.39, 0.29) is 45.7 Å². The highest BCUT2D eigenvalue weighted by atomic mass is 35.5. The van der Waals surface area contributed by atoms with Crippen LogP contribution in [0.4, 0.5) is 4.79 Å². The van der Waals surface area contributed by atoms with E-state index in [1.54, 1.807) is 31.7 Å². The molecule has 0 fully saturated rings. The first kappa shape index (κ1) is 27.5. The Hall–Kier alpha value is -3.03. The molecule has 4 heterocycles. The quantitative estimate of drug-likeness (QED) is 0.142. The molecule has 0 spiro atoms. The monoisotopic (exact) mass is 612 g/mol. The van der Waals surface area contributed by atoms with Gasteiger partial charge in [-0.25, -0.2) is 24.7 Å². The second-order valence-corrected chi connectivity index (χ2v) is 9.89. The van der Waals surface area contributed by atoms with Crippen molar-refractivity contribution in [1.29, 1.82) is 0 Å². The van der Waals surface area contributed by atoms with E-state index in [0.717, 1.165) is 0 Å². The zero-order valence-corrected chi connectivity index (χ0v) is 23.2. The van der Waals surface area contributed by atoms with Gasteiger partial charge >= 0.3 is 6.16 Å². The van der Waals surface area contributed by atoms with E-state index in [4.69, 9.17) is 55.9 Å². The molecular formula is C23H20Cl4N8O4. The van der Waals surface area contributed by atoms with Crippen molar-refractivity contribution in [2.45, 2.75) is 44.1 Å². The second kappa shape index (κ2) is 11.6. The first-order chi connectivity index (χ1) is 18.7. The number of halogens is 4.